The van der Waals surface area contributed by atoms with Crippen LogP contribution in [-0.4, -0.2) is 34.9 Å². The van der Waals surface area contributed by atoms with Gasteiger partial charge in [0, 0.05) is 22.6 Å². The molecule has 0 aliphatic rings. The van der Waals surface area contributed by atoms with Gasteiger partial charge >= 0.3 is 0 Å². The van der Waals surface area contributed by atoms with Crippen LogP contribution in [0.3, 0.4) is 0 Å². The average Bonchev–Trinajstić information content (AvgIpc) is 2.34. The van der Waals surface area contributed by atoms with E-state index in [1.54, 1.807) is 0 Å². The Labute approximate surface area is 101 Å². The zero-order valence-corrected chi connectivity index (χ0v) is 9.18. The number of benzene rings is 1. The molecule has 18 heavy (non-hydrogen) atoms. The minimum atomic E-state index is -0.604. The molecule has 0 aromatic heterocycles. The van der Waals surface area contributed by atoms with Gasteiger partial charge in [0.2, 0.25) is 6.54 Å². The van der Waals surface area contributed by atoms with Gasteiger partial charge in [-0.25, -0.2) is 0 Å². The Morgan fingerprint density at radius 2 is 2.06 bits per heavy atom. The molecule has 0 N–H and O–H groups in total. The Morgan fingerprint density at radius 3 is 2.67 bits per heavy atom. The van der Waals surface area contributed by atoms with Crippen molar-refractivity contribution in [1.82, 2.24) is 0 Å². The summed E-state index contributed by atoms with van der Waals surface area (Å²) < 4.78 is 0. The summed E-state index contributed by atoms with van der Waals surface area (Å²) in [6.45, 7) is -0.725. The van der Waals surface area contributed by atoms with Gasteiger partial charge in [-0.3, -0.25) is 30.0 Å². The van der Waals surface area contributed by atoms with Gasteiger partial charge in [0.25, 0.3) is 5.69 Å². The van der Waals surface area contributed by atoms with Crippen LogP contribution in [0.4, 0.5) is 5.69 Å². The Balaban J connectivity index is 2.67. The molecule has 0 fully saturated rings. The van der Waals surface area contributed by atoms with E-state index >= 15 is 0 Å². The van der Waals surface area contributed by atoms with Gasteiger partial charge in [-0.1, -0.05) is 12.1 Å². The quantitative estimate of drug-likeness (QED) is 0.325. The molecule has 0 atom stereocenters. The molecule has 0 saturated carbocycles. The van der Waals surface area contributed by atoms with Crippen molar-refractivity contribution < 1.29 is 14.6 Å². The predicted molar refractivity (Wildman–Crippen MR) is 62.6 cm³/mol. The normalized spacial score (nSPS) is 10.4. The highest BCUT2D eigenvalue weighted by atomic mass is 16.6. The molecule has 0 radical (unpaired) electrons. The summed E-state index contributed by atoms with van der Waals surface area (Å²) in [7, 11) is 0. The van der Waals surface area contributed by atoms with E-state index in [4.69, 9.17) is 0 Å². The number of carbonyl (C=O) groups excluding carboxylic acids is 1. The molecule has 0 aliphatic carbocycles. The summed E-state index contributed by atoms with van der Waals surface area (Å²) in [5.74, 6) is -0.432. The first-order valence-electron chi connectivity index (χ1n) is 4.88. The first-order chi connectivity index (χ1) is 8.50. The molecule has 8 heteroatoms. The molecule has 0 aliphatic heterocycles. The molecular weight excluding hydrogens is 242 g/mol. The number of non-ortho nitro benzene ring substituents is 1. The van der Waals surface area contributed by atoms with E-state index in [1.165, 1.54) is 18.2 Å². The average molecular weight is 251 g/mol. The van der Waals surface area contributed by atoms with Gasteiger partial charge < -0.3 is 0 Å². The fourth-order valence-electron chi connectivity index (χ4n) is 1.16. The number of hydrogen-bond acceptors (Lipinski definition) is 6. The highest BCUT2D eigenvalue weighted by molar-refractivity contribution is 5.98. The van der Waals surface area contributed by atoms with Crippen LogP contribution in [-0.2, 0) is 0 Å². The number of Topliss-reactive ketones (excluding diaryl/α,β-unsaturated/α-hetero) is 1. The number of nitrogens with zero attached hydrogens (tertiary/aromatic N) is 3. The maximum atomic E-state index is 11.6. The van der Waals surface area contributed by atoms with E-state index in [-0.39, 0.29) is 17.8 Å². The molecular formula is C10H9N3O5. The SMILES string of the molecule is O=C(CN=CC[N+](=O)[O-])c1cccc([N+](=O)[O-])c1. The lowest BCUT2D eigenvalue weighted by Crippen LogP contribution is -2.06. The van der Waals surface area contributed by atoms with Crippen molar-refractivity contribution in [3.8, 4) is 0 Å². The third-order valence-corrected chi connectivity index (χ3v) is 1.97. The van der Waals surface area contributed by atoms with Crippen LogP contribution in [0.15, 0.2) is 29.3 Å². The third kappa shape index (κ3) is 4.08. The Bertz CT molecular complexity index is 512. The monoisotopic (exact) mass is 251 g/mol. The third-order valence-electron chi connectivity index (χ3n) is 1.97. The van der Waals surface area contributed by atoms with Crippen molar-refractivity contribution in [1.29, 1.82) is 0 Å². The number of hydrogen-bond donors (Lipinski definition) is 0. The number of nitro benzene ring substituents is 1. The Morgan fingerprint density at radius 1 is 1.33 bits per heavy atom. The van der Waals surface area contributed by atoms with Crippen LogP contribution < -0.4 is 0 Å². The van der Waals surface area contributed by atoms with Crippen LogP contribution in [0.25, 0.3) is 0 Å². The minimum Gasteiger partial charge on any atom is -0.292 e. The maximum Gasteiger partial charge on any atom is 0.270 e. The lowest BCUT2D eigenvalue weighted by Gasteiger charge is -1.97. The van der Waals surface area contributed by atoms with Crippen molar-refractivity contribution in [3.05, 3.63) is 50.1 Å². The summed E-state index contributed by atoms with van der Waals surface area (Å²) in [6, 6.07) is 5.24. The molecule has 0 amide bonds. The van der Waals surface area contributed by atoms with E-state index < -0.39 is 22.2 Å². The number of ketones is 1. The first-order valence-corrected chi connectivity index (χ1v) is 4.88. The molecule has 0 spiro atoms. The van der Waals surface area contributed by atoms with Crippen LogP contribution in [0, 0.1) is 20.2 Å². The van der Waals surface area contributed by atoms with Crippen LogP contribution in [0.5, 0.6) is 0 Å². The largest absolute Gasteiger partial charge is 0.292 e. The Hall–Kier alpha value is -2.64. The molecule has 0 bridgehead atoms. The van der Waals surface area contributed by atoms with Gasteiger partial charge in [-0.2, -0.15) is 0 Å². The molecule has 8 nitrogen and oxygen atoms in total. The fourth-order valence-corrected chi connectivity index (χ4v) is 1.16. The maximum absolute atomic E-state index is 11.6. The standard InChI is InChI=1S/C10H9N3O5/c14-10(7-11-4-5-12(15)16)8-2-1-3-9(6-8)13(17)18/h1-4,6H,5,7H2. The highest BCUT2D eigenvalue weighted by Gasteiger charge is 2.10. The van der Waals surface area contributed by atoms with Crippen molar-refractivity contribution in [2.45, 2.75) is 0 Å². The van der Waals surface area contributed by atoms with E-state index in [0.29, 0.717) is 0 Å². The lowest BCUT2D eigenvalue weighted by atomic mass is 10.1. The number of rotatable bonds is 6. The van der Waals surface area contributed by atoms with Crippen molar-refractivity contribution in [2.75, 3.05) is 13.1 Å². The van der Waals surface area contributed by atoms with Gasteiger partial charge in [-0.15, -0.1) is 0 Å². The van der Waals surface area contributed by atoms with E-state index in [0.717, 1.165) is 12.3 Å². The minimum absolute atomic E-state index is 0.155. The van der Waals surface area contributed by atoms with Gasteiger partial charge in [0.05, 0.1) is 11.1 Å². The summed E-state index contributed by atoms with van der Waals surface area (Å²) in [5.41, 5.74) is -0.0300. The van der Waals surface area contributed by atoms with Crippen molar-refractivity contribution in [2.24, 2.45) is 4.99 Å². The summed E-state index contributed by atoms with van der Waals surface area (Å²) >= 11 is 0. The molecule has 1 rings (SSSR count). The first kappa shape index (κ1) is 13.4. The summed E-state index contributed by atoms with van der Waals surface area (Å²) in [5, 5.41) is 20.5. The molecule has 94 valence electrons. The van der Waals surface area contributed by atoms with E-state index in [2.05, 4.69) is 4.99 Å². The molecule has 1 aromatic carbocycles. The van der Waals surface area contributed by atoms with Crippen LogP contribution in [0.2, 0.25) is 0 Å². The smallest absolute Gasteiger partial charge is 0.270 e. The molecule has 0 saturated heterocycles. The van der Waals surface area contributed by atoms with Crippen LogP contribution in [0.1, 0.15) is 10.4 Å². The predicted octanol–water partition coefficient (Wildman–Crippen LogP) is 1.12. The zero-order valence-electron chi connectivity index (χ0n) is 9.18. The van der Waals surface area contributed by atoms with Gasteiger partial charge in [0.15, 0.2) is 5.78 Å². The van der Waals surface area contributed by atoms with E-state index in [9.17, 15) is 25.0 Å². The van der Waals surface area contributed by atoms with E-state index in [1.807, 2.05) is 0 Å². The highest BCUT2D eigenvalue weighted by Crippen LogP contribution is 2.13. The summed E-state index contributed by atoms with van der Waals surface area (Å²) in [6.07, 6.45) is 1.02. The van der Waals surface area contributed by atoms with Crippen LogP contribution >= 0.6 is 0 Å². The topological polar surface area (TPSA) is 116 Å². The number of nitro groups is 2. The second kappa shape index (κ2) is 6.18. The second-order valence-corrected chi connectivity index (χ2v) is 3.27. The zero-order chi connectivity index (χ0) is 13.5. The molecule has 1 aromatic rings. The molecule has 0 unspecified atom stereocenters. The Kier molecular flexibility index (Phi) is 4.61. The fraction of sp³-hybridized carbons (Fsp3) is 0.200. The molecule has 0 heterocycles. The summed E-state index contributed by atoms with van der Waals surface area (Å²) in [4.78, 5) is 34.4. The number of aliphatic imine (C=N–C) groups is 1. The van der Waals surface area contributed by atoms with Gasteiger partial charge in [0.1, 0.15) is 6.54 Å². The second-order valence-electron chi connectivity index (χ2n) is 3.27. The lowest BCUT2D eigenvalue weighted by molar-refractivity contribution is -0.462. The van der Waals surface area contributed by atoms with Gasteiger partial charge in [-0.05, 0) is 0 Å². The number of carbonyl (C=O) groups is 1. The van der Waals surface area contributed by atoms with Crippen molar-refractivity contribution in [3.63, 3.8) is 0 Å². The van der Waals surface area contributed by atoms with Crippen molar-refractivity contribution >= 4 is 17.7 Å².